The minimum absolute atomic E-state index is 0.125. The van der Waals surface area contributed by atoms with Crippen LogP contribution in [0.1, 0.15) is 25.7 Å². The Bertz CT molecular complexity index is 201. The SMILES string of the molecule is COCC1CCCN1C1CC(O)CCN1. The molecule has 0 aliphatic carbocycles. The van der Waals surface area contributed by atoms with E-state index in [0.29, 0.717) is 12.2 Å². The Hall–Kier alpha value is -0.160. The maximum atomic E-state index is 9.66. The second kappa shape index (κ2) is 5.25. The molecule has 0 spiro atoms. The number of piperidine rings is 1. The van der Waals surface area contributed by atoms with E-state index in [-0.39, 0.29) is 6.10 Å². The van der Waals surface area contributed by atoms with Crippen LogP contribution < -0.4 is 5.32 Å². The van der Waals surface area contributed by atoms with Gasteiger partial charge in [0.25, 0.3) is 0 Å². The molecule has 15 heavy (non-hydrogen) atoms. The lowest BCUT2D eigenvalue weighted by molar-refractivity contribution is 0.0252. The molecule has 2 fully saturated rings. The predicted octanol–water partition coefficient (Wildman–Crippen LogP) is 0.168. The van der Waals surface area contributed by atoms with E-state index in [0.717, 1.165) is 32.5 Å². The van der Waals surface area contributed by atoms with Crippen LogP contribution in [-0.2, 0) is 4.74 Å². The van der Waals surface area contributed by atoms with Crippen molar-refractivity contribution in [3.05, 3.63) is 0 Å². The van der Waals surface area contributed by atoms with Crippen LogP contribution in [0.25, 0.3) is 0 Å². The van der Waals surface area contributed by atoms with Gasteiger partial charge in [0.15, 0.2) is 0 Å². The van der Waals surface area contributed by atoms with Gasteiger partial charge in [-0.25, -0.2) is 0 Å². The minimum atomic E-state index is -0.125. The molecule has 88 valence electrons. The molecule has 0 amide bonds. The van der Waals surface area contributed by atoms with Gasteiger partial charge in [-0.15, -0.1) is 0 Å². The zero-order valence-electron chi connectivity index (χ0n) is 9.48. The highest BCUT2D eigenvalue weighted by molar-refractivity contribution is 4.87. The first kappa shape index (κ1) is 11.3. The molecular formula is C11H22N2O2. The van der Waals surface area contributed by atoms with Crippen LogP contribution >= 0.6 is 0 Å². The Morgan fingerprint density at radius 1 is 1.47 bits per heavy atom. The fourth-order valence-electron chi connectivity index (χ4n) is 2.77. The first-order valence-electron chi connectivity index (χ1n) is 5.97. The normalized spacial score (nSPS) is 38.4. The average Bonchev–Trinajstić information content (AvgIpc) is 2.66. The van der Waals surface area contributed by atoms with Crippen molar-refractivity contribution in [3.63, 3.8) is 0 Å². The first-order valence-corrected chi connectivity index (χ1v) is 5.97. The van der Waals surface area contributed by atoms with Crippen LogP contribution in [0.4, 0.5) is 0 Å². The molecule has 0 saturated carbocycles. The average molecular weight is 214 g/mol. The summed E-state index contributed by atoms with van der Waals surface area (Å²) in [4.78, 5) is 2.46. The number of aliphatic hydroxyl groups excluding tert-OH is 1. The Balaban J connectivity index is 1.90. The number of nitrogens with zero attached hydrogens (tertiary/aromatic N) is 1. The molecule has 2 aliphatic heterocycles. The molecule has 0 aromatic carbocycles. The highest BCUT2D eigenvalue weighted by atomic mass is 16.5. The van der Waals surface area contributed by atoms with E-state index in [1.54, 1.807) is 7.11 Å². The molecule has 3 atom stereocenters. The standard InChI is InChI=1S/C11H22N2O2/c1-15-8-9-3-2-6-13(9)11-7-10(14)4-5-12-11/h9-12,14H,2-8H2,1H3. The maximum Gasteiger partial charge on any atom is 0.0625 e. The molecule has 3 unspecified atom stereocenters. The summed E-state index contributed by atoms with van der Waals surface area (Å²) in [5.74, 6) is 0. The lowest BCUT2D eigenvalue weighted by atomic mass is 10.1. The van der Waals surface area contributed by atoms with Crippen molar-refractivity contribution < 1.29 is 9.84 Å². The lowest BCUT2D eigenvalue weighted by Gasteiger charge is -2.37. The van der Waals surface area contributed by atoms with Gasteiger partial charge < -0.3 is 15.2 Å². The van der Waals surface area contributed by atoms with E-state index in [1.165, 1.54) is 12.8 Å². The second-order valence-electron chi connectivity index (χ2n) is 4.64. The molecule has 0 aromatic heterocycles. The summed E-state index contributed by atoms with van der Waals surface area (Å²) in [6.45, 7) is 2.88. The number of ether oxygens (including phenoxy) is 1. The summed E-state index contributed by atoms with van der Waals surface area (Å²) in [6, 6.07) is 0.540. The summed E-state index contributed by atoms with van der Waals surface area (Å²) in [7, 11) is 1.76. The zero-order chi connectivity index (χ0) is 10.7. The van der Waals surface area contributed by atoms with E-state index < -0.39 is 0 Å². The fourth-order valence-corrected chi connectivity index (χ4v) is 2.77. The van der Waals surface area contributed by atoms with E-state index in [4.69, 9.17) is 4.74 Å². The van der Waals surface area contributed by atoms with Crippen molar-refractivity contribution in [2.45, 2.75) is 44.0 Å². The number of nitrogens with one attached hydrogen (secondary N) is 1. The molecule has 2 heterocycles. The van der Waals surface area contributed by atoms with Gasteiger partial charge in [0.05, 0.1) is 18.9 Å². The smallest absolute Gasteiger partial charge is 0.0625 e. The molecule has 4 nitrogen and oxygen atoms in total. The Kier molecular flexibility index (Phi) is 3.97. The van der Waals surface area contributed by atoms with Crippen LogP contribution in [0.5, 0.6) is 0 Å². The molecule has 4 heteroatoms. The van der Waals surface area contributed by atoms with Crippen molar-refractivity contribution in [1.29, 1.82) is 0 Å². The van der Waals surface area contributed by atoms with Gasteiger partial charge in [0, 0.05) is 26.1 Å². The van der Waals surface area contributed by atoms with Crippen molar-refractivity contribution in [2.75, 3.05) is 26.8 Å². The van der Waals surface area contributed by atoms with Gasteiger partial charge >= 0.3 is 0 Å². The van der Waals surface area contributed by atoms with Crippen molar-refractivity contribution in [2.24, 2.45) is 0 Å². The van der Waals surface area contributed by atoms with Gasteiger partial charge in [-0.3, -0.25) is 4.90 Å². The van der Waals surface area contributed by atoms with E-state index >= 15 is 0 Å². The topological polar surface area (TPSA) is 44.7 Å². The third kappa shape index (κ3) is 2.69. The number of likely N-dealkylation sites (tertiary alicyclic amines) is 1. The van der Waals surface area contributed by atoms with Gasteiger partial charge in [-0.05, 0) is 25.8 Å². The number of hydrogen-bond donors (Lipinski definition) is 2. The van der Waals surface area contributed by atoms with Gasteiger partial charge in [0.1, 0.15) is 0 Å². The fraction of sp³-hybridized carbons (Fsp3) is 1.00. The summed E-state index contributed by atoms with van der Waals surface area (Å²) in [6.07, 6.45) is 4.46. The van der Waals surface area contributed by atoms with E-state index in [9.17, 15) is 5.11 Å². The van der Waals surface area contributed by atoms with Gasteiger partial charge in [0.2, 0.25) is 0 Å². The highest BCUT2D eigenvalue weighted by Crippen LogP contribution is 2.23. The summed E-state index contributed by atoms with van der Waals surface area (Å²) >= 11 is 0. The Morgan fingerprint density at radius 3 is 3.07 bits per heavy atom. The Labute approximate surface area is 91.6 Å². The van der Waals surface area contributed by atoms with E-state index in [2.05, 4.69) is 10.2 Å². The molecule has 2 rings (SSSR count). The largest absolute Gasteiger partial charge is 0.393 e. The summed E-state index contributed by atoms with van der Waals surface area (Å²) in [5, 5.41) is 13.1. The summed E-state index contributed by atoms with van der Waals surface area (Å²) in [5.41, 5.74) is 0. The minimum Gasteiger partial charge on any atom is -0.393 e. The number of rotatable bonds is 3. The molecule has 0 radical (unpaired) electrons. The molecule has 0 aromatic rings. The number of aliphatic hydroxyl groups is 1. The maximum absolute atomic E-state index is 9.66. The van der Waals surface area contributed by atoms with Crippen molar-refractivity contribution >= 4 is 0 Å². The van der Waals surface area contributed by atoms with Crippen LogP contribution in [0.2, 0.25) is 0 Å². The second-order valence-corrected chi connectivity index (χ2v) is 4.64. The third-order valence-electron chi connectivity index (χ3n) is 3.53. The third-order valence-corrected chi connectivity index (χ3v) is 3.53. The van der Waals surface area contributed by atoms with Crippen LogP contribution in [0, 0.1) is 0 Å². The van der Waals surface area contributed by atoms with Crippen LogP contribution in [0.15, 0.2) is 0 Å². The Morgan fingerprint density at radius 2 is 2.33 bits per heavy atom. The van der Waals surface area contributed by atoms with Crippen molar-refractivity contribution in [3.8, 4) is 0 Å². The van der Waals surface area contributed by atoms with E-state index in [1.807, 2.05) is 0 Å². The molecular weight excluding hydrogens is 192 g/mol. The zero-order valence-corrected chi connectivity index (χ0v) is 9.48. The highest BCUT2D eigenvalue weighted by Gasteiger charge is 2.33. The molecule has 0 bridgehead atoms. The predicted molar refractivity (Wildman–Crippen MR) is 58.6 cm³/mol. The van der Waals surface area contributed by atoms with Crippen LogP contribution in [-0.4, -0.2) is 55.1 Å². The number of hydrogen-bond acceptors (Lipinski definition) is 4. The monoisotopic (exact) mass is 214 g/mol. The van der Waals surface area contributed by atoms with Gasteiger partial charge in [-0.2, -0.15) is 0 Å². The van der Waals surface area contributed by atoms with Crippen LogP contribution in [0.3, 0.4) is 0 Å². The quantitative estimate of drug-likeness (QED) is 0.703. The first-order chi connectivity index (χ1) is 7.31. The molecule has 2 N–H and O–H groups in total. The van der Waals surface area contributed by atoms with Crippen molar-refractivity contribution in [1.82, 2.24) is 10.2 Å². The number of methoxy groups -OCH3 is 1. The van der Waals surface area contributed by atoms with Gasteiger partial charge in [-0.1, -0.05) is 0 Å². The lowest BCUT2D eigenvalue weighted by Crippen LogP contribution is -2.53. The molecule has 2 aliphatic rings. The molecule has 2 saturated heterocycles. The summed E-state index contributed by atoms with van der Waals surface area (Å²) < 4.78 is 5.24.